The topological polar surface area (TPSA) is 79.0 Å². The van der Waals surface area contributed by atoms with Crippen LogP contribution in [0.1, 0.15) is 19.4 Å². The molecule has 6 heteroatoms. The third kappa shape index (κ3) is 4.06. The molecule has 2 rings (SSSR count). The number of hydrogen-bond acceptors (Lipinski definition) is 5. The molecule has 0 aromatic heterocycles. The van der Waals surface area contributed by atoms with E-state index in [1.54, 1.807) is 6.21 Å². The van der Waals surface area contributed by atoms with Gasteiger partial charge in [-0.15, -0.1) is 0 Å². The fourth-order valence-corrected chi connectivity index (χ4v) is 2.25. The van der Waals surface area contributed by atoms with Gasteiger partial charge < -0.3 is 10.0 Å². The molecule has 1 N–H and O–H groups in total. The Balaban J connectivity index is 2.17. The molecule has 0 fully saturated rings. The Morgan fingerprint density at radius 3 is 2.39 bits per heavy atom. The van der Waals surface area contributed by atoms with Crippen molar-refractivity contribution in [1.29, 1.82) is 0 Å². The van der Waals surface area contributed by atoms with Crippen LogP contribution in [-0.2, 0) is 0 Å². The van der Waals surface area contributed by atoms with Gasteiger partial charge >= 0.3 is 5.69 Å². The summed E-state index contributed by atoms with van der Waals surface area (Å²) in [5.41, 5.74) is 2.11. The molecule has 2 aromatic rings. The average Bonchev–Trinajstić information content (AvgIpc) is 2.56. The second-order valence-corrected chi connectivity index (χ2v) is 4.95. The van der Waals surface area contributed by atoms with Crippen LogP contribution in [0.3, 0.4) is 0 Å². The van der Waals surface area contributed by atoms with Crippen molar-refractivity contribution in [2.45, 2.75) is 13.8 Å². The normalized spacial score (nSPS) is 10.9. The van der Waals surface area contributed by atoms with E-state index in [0.29, 0.717) is 5.69 Å². The van der Waals surface area contributed by atoms with Gasteiger partial charge in [0, 0.05) is 31.1 Å². The predicted octanol–water partition coefficient (Wildman–Crippen LogP) is 3.90. The molecule has 0 radical (unpaired) electrons. The van der Waals surface area contributed by atoms with Crippen LogP contribution in [0, 0.1) is 10.1 Å². The summed E-state index contributed by atoms with van der Waals surface area (Å²) < 4.78 is 0. The van der Waals surface area contributed by atoms with E-state index in [9.17, 15) is 15.2 Å². The number of aromatic hydroxyl groups is 1. The minimum atomic E-state index is -0.632. The second-order valence-electron chi connectivity index (χ2n) is 4.95. The first kappa shape index (κ1) is 16.5. The summed E-state index contributed by atoms with van der Waals surface area (Å²) in [7, 11) is 0. The van der Waals surface area contributed by atoms with E-state index < -0.39 is 4.92 Å². The number of nitro benzene ring substituents is 1. The molecule has 0 aliphatic carbocycles. The van der Waals surface area contributed by atoms with Crippen LogP contribution < -0.4 is 4.90 Å². The number of hydrogen-bond donors (Lipinski definition) is 1. The molecular weight excluding hydrogens is 294 g/mol. The van der Waals surface area contributed by atoms with E-state index in [1.165, 1.54) is 18.2 Å². The largest absolute Gasteiger partial charge is 0.502 e. The third-order valence-corrected chi connectivity index (χ3v) is 3.54. The van der Waals surface area contributed by atoms with Gasteiger partial charge in [0.15, 0.2) is 5.75 Å². The Bertz CT molecular complexity index is 708. The van der Waals surface area contributed by atoms with Gasteiger partial charge in [-0.05, 0) is 43.7 Å². The summed E-state index contributed by atoms with van der Waals surface area (Å²) in [6, 6.07) is 12.0. The van der Waals surface area contributed by atoms with Crippen LogP contribution in [0.25, 0.3) is 0 Å². The molecule has 0 amide bonds. The lowest BCUT2D eigenvalue weighted by Crippen LogP contribution is -2.21. The van der Waals surface area contributed by atoms with Gasteiger partial charge in [-0.1, -0.05) is 12.1 Å². The van der Waals surface area contributed by atoms with Crippen molar-refractivity contribution < 1.29 is 10.0 Å². The van der Waals surface area contributed by atoms with Crippen LogP contribution in [0.15, 0.2) is 47.5 Å². The molecule has 0 spiro atoms. The first-order valence-corrected chi connectivity index (χ1v) is 7.41. The molecule has 2 aromatic carbocycles. The Hall–Kier alpha value is -2.89. The minimum Gasteiger partial charge on any atom is -0.502 e. The zero-order chi connectivity index (χ0) is 16.8. The average molecular weight is 313 g/mol. The standard InChI is InChI=1S/C17H19N3O3/c1-3-19(4-2)15-8-5-13(6-9-15)12-18-14-7-10-17(21)16(11-14)20(22)23/h5-12,21H,3-4H2,1-2H3/b18-12+. The lowest BCUT2D eigenvalue weighted by molar-refractivity contribution is -0.385. The molecule has 0 atom stereocenters. The molecular formula is C17H19N3O3. The van der Waals surface area contributed by atoms with Gasteiger partial charge in [-0.2, -0.15) is 0 Å². The van der Waals surface area contributed by atoms with Crippen LogP contribution in [0.2, 0.25) is 0 Å². The molecule has 6 nitrogen and oxygen atoms in total. The number of anilines is 1. The summed E-state index contributed by atoms with van der Waals surface area (Å²) in [5.74, 6) is -0.363. The van der Waals surface area contributed by atoms with Gasteiger partial charge in [0.2, 0.25) is 0 Å². The highest BCUT2D eigenvalue weighted by atomic mass is 16.6. The fraction of sp³-hybridized carbons (Fsp3) is 0.235. The van der Waals surface area contributed by atoms with Crippen molar-refractivity contribution in [3.8, 4) is 5.75 Å². The van der Waals surface area contributed by atoms with Gasteiger partial charge in [0.1, 0.15) is 0 Å². The Kier molecular flexibility index (Phi) is 5.30. The summed E-state index contributed by atoms with van der Waals surface area (Å²) >= 11 is 0. The van der Waals surface area contributed by atoms with E-state index in [-0.39, 0.29) is 11.4 Å². The first-order valence-electron chi connectivity index (χ1n) is 7.41. The van der Waals surface area contributed by atoms with Gasteiger partial charge in [0.25, 0.3) is 0 Å². The molecule has 0 heterocycles. The molecule has 0 bridgehead atoms. The Morgan fingerprint density at radius 2 is 1.83 bits per heavy atom. The van der Waals surface area contributed by atoms with Crippen molar-refractivity contribution in [2.75, 3.05) is 18.0 Å². The number of rotatable bonds is 6. The number of nitro groups is 1. The second kappa shape index (κ2) is 7.40. The van der Waals surface area contributed by atoms with Crippen LogP contribution in [-0.4, -0.2) is 29.3 Å². The number of benzene rings is 2. The van der Waals surface area contributed by atoms with Gasteiger partial charge in [0.05, 0.1) is 10.6 Å². The molecule has 23 heavy (non-hydrogen) atoms. The summed E-state index contributed by atoms with van der Waals surface area (Å²) in [6.07, 6.45) is 1.64. The number of nitrogens with zero attached hydrogens (tertiary/aromatic N) is 3. The van der Waals surface area contributed by atoms with Gasteiger partial charge in [-0.25, -0.2) is 0 Å². The summed E-state index contributed by atoms with van der Waals surface area (Å²) in [6.45, 7) is 6.11. The fourth-order valence-electron chi connectivity index (χ4n) is 2.25. The molecule has 0 aliphatic heterocycles. The van der Waals surface area contributed by atoms with Crippen LogP contribution >= 0.6 is 0 Å². The monoisotopic (exact) mass is 313 g/mol. The minimum absolute atomic E-state index is 0.350. The van der Waals surface area contributed by atoms with Crippen molar-refractivity contribution in [3.63, 3.8) is 0 Å². The molecule has 0 saturated heterocycles. The van der Waals surface area contributed by atoms with E-state index in [2.05, 4.69) is 23.7 Å². The first-order chi connectivity index (χ1) is 11.0. The maximum Gasteiger partial charge on any atom is 0.312 e. The molecule has 0 aliphatic rings. The Labute approximate surface area is 134 Å². The van der Waals surface area contributed by atoms with E-state index in [0.717, 1.165) is 24.3 Å². The van der Waals surface area contributed by atoms with Crippen LogP contribution in [0.4, 0.5) is 17.1 Å². The van der Waals surface area contributed by atoms with Crippen LogP contribution in [0.5, 0.6) is 5.75 Å². The SMILES string of the molecule is CCN(CC)c1ccc(/C=N/c2ccc(O)c([N+](=O)[O-])c2)cc1. The highest BCUT2D eigenvalue weighted by Gasteiger charge is 2.12. The zero-order valence-corrected chi connectivity index (χ0v) is 13.1. The third-order valence-electron chi connectivity index (χ3n) is 3.54. The summed E-state index contributed by atoms with van der Waals surface area (Å²) in [5, 5.41) is 20.2. The zero-order valence-electron chi connectivity index (χ0n) is 13.1. The van der Waals surface area contributed by atoms with Crippen molar-refractivity contribution >= 4 is 23.3 Å². The maximum absolute atomic E-state index is 10.8. The lowest BCUT2D eigenvalue weighted by Gasteiger charge is -2.20. The number of aliphatic imine (C=N–C) groups is 1. The molecule has 120 valence electrons. The maximum atomic E-state index is 10.8. The predicted molar refractivity (Wildman–Crippen MR) is 92.0 cm³/mol. The summed E-state index contributed by atoms with van der Waals surface area (Å²) in [4.78, 5) is 16.6. The van der Waals surface area contributed by atoms with E-state index >= 15 is 0 Å². The van der Waals surface area contributed by atoms with Crippen molar-refractivity contribution in [3.05, 3.63) is 58.1 Å². The quantitative estimate of drug-likeness (QED) is 0.498. The number of phenols is 1. The highest BCUT2D eigenvalue weighted by molar-refractivity contribution is 5.83. The molecule has 0 saturated carbocycles. The van der Waals surface area contributed by atoms with Crippen molar-refractivity contribution in [2.24, 2.45) is 4.99 Å². The van der Waals surface area contributed by atoms with Crippen molar-refractivity contribution in [1.82, 2.24) is 0 Å². The van der Waals surface area contributed by atoms with Gasteiger partial charge in [-0.3, -0.25) is 15.1 Å². The highest BCUT2D eigenvalue weighted by Crippen LogP contribution is 2.29. The lowest BCUT2D eigenvalue weighted by atomic mass is 10.2. The smallest absolute Gasteiger partial charge is 0.312 e. The Morgan fingerprint density at radius 1 is 1.17 bits per heavy atom. The number of phenolic OH excluding ortho intramolecular Hbond substituents is 1. The van der Waals surface area contributed by atoms with E-state index in [4.69, 9.17) is 0 Å². The van der Waals surface area contributed by atoms with E-state index in [1.807, 2.05) is 24.3 Å². The molecule has 0 unspecified atom stereocenters.